The van der Waals surface area contributed by atoms with E-state index in [1.165, 1.54) is 11.8 Å². The summed E-state index contributed by atoms with van der Waals surface area (Å²) in [5, 5.41) is 2.95. The first-order chi connectivity index (χ1) is 14.4. The van der Waals surface area contributed by atoms with Gasteiger partial charge in [0.2, 0.25) is 5.91 Å². The standard InChI is InChI=1S/C23H23BrN2O2S2/c1-16-7-4-5-8-19(16)25-21(27)9-3-2-6-14-26-22(28)20(30-23(26)29)15-17-10-12-18(24)13-11-17/h4-5,7-8,10-13,15H,2-3,6,9,14H2,1H3,(H,25,27)/b20-15-. The van der Waals surface area contributed by atoms with Crippen LogP contribution < -0.4 is 5.32 Å². The lowest BCUT2D eigenvalue weighted by Crippen LogP contribution is -2.29. The van der Waals surface area contributed by atoms with Gasteiger partial charge in [-0.25, -0.2) is 0 Å². The van der Waals surface area contributed by atoms with Crippen LogP contribution in [0.3, 0.4) is 0 Å². The molecule has 0 radical (unpaired) electrons. The lowest BCUT2D eigenvalue weighted by Gasteiger charge is -2.14. The normalized spacial score (nSPS) is 15.1. The highest BCUT2D eigenvalue weighted by molar-refractivity contribution is 9.10. The van der Waals surface area contributed by atoms with E-state index < -0.39 is 0 Å². The Morgan fingerprint density at radius 2 is 1.87 bits per heavy atom. The van der Waals surface area contributed by atoms with E-state index in [-0.39, 0.29) is 11.8 Å². The number of nitrogens with one attached hydrogen (secondary N) is 1. The van der Waals surface area contributed by atoms with Crippen molar-refractivity contribution in [2.45, 2.75) is 32.6 Å². The summed E-state index contributed by atoms with van der Waals surface area (Å²) in [5.74, 6) is -0.0162. The predicted molar refractivity (Wildman–Crippen MR) is 132 cm³/mol. The maximum absolute atomic E-state index is 12.7. The highest BCUT2D eigenvalue weighted by Crippen LogP contribution is 2.33. The number of hydrogen-bond donors (Lipinski definition) is 1. The molecule has 0 unspecified atom stereocenters. The molecular formula is C23H23BrN2O2S2. The van der Waals surface area contributed by atoms with Crippen LogP contribution >= 0.6 is 39.9 Å². The molecule has 0 saturated carbocycles. The van der Waals surface area contributed by atoms with Crippen molar-refractivity contribution in [3.05, 3.63) is 69.0 Å². The fraction of sp³-hybridized carbons (Fsp3) is 0.261. The van der Waals surface area contributed by atoms with Gasteiger partial charge >= 0.3 is 0 Å². The molecule has 2 aromatic rings. The van der Waals surface area contributed by atoms with Gasteiger partial charge in [0.25, 0.3) is 5.91 Å². The minimum Gasteiger partial charge on any atom is -0.326 e. The topological polar surface area (TPSA) is 49.4 Å². The highest BCUT2D eigenvalue weighted by atomic mass is 79.9. The van der Waals surface area contributed by atoms with Crippen molar-refractivity contribution < 1.29 is 9.59 Å². The third kappa shape index (κ3) is 6.27. The van der Waals surface area contributed by atoms with E-state index in [9.17, 15) is 9.59 Å². The fourth-order valence-corrected chi connectivity index (χ4v) is 4.63. The number of anilines is 1. The van der Waals surface area contributed by atoms with E-state index in [1.54, 1.807) is 4.90 Å². The SMILES string of the molecule is Cc1ccccc1NC(=O)CCCCCN1C(=O)/C(=C/c2ccc(Br)cc2)SC1=S. The zero-order valence-corrected chi connectivity index (χ0v) is 19.9. The molecule has 1 aliphatic rings. The van der Waals surface area contributed by atoms with Gasteiger partial charge in [0.15, 0.2) is 0 Å². The average Bonchev–Trinajstić information content (AvgIpc) is 2.98. The molecular weight excluding hydrogens is 480 g/mol. The summed E-state index contributed by atoms with van der Waals surface area (Å²) in [6.07, 6.45) is 4.80. The van der Waals surface area contributed by atoms with Gasteiger partial charge in [-0.3, -0.25) is 14.5 Å². The van der Waals surface area contributed by atoms with Crippen LogP contribution in [0.2, 0.25) is 0 Å². The van der Waals surface area contributed by atoms with Gasteiger partial charge in [-0.1, -0.05) is 76.7 Å². The van der Waals surface area contributed by atoms with Crippen molar-refractivity contribution in [2.24, 2.45) is 0 Å². The maximum atomic E-state index is 12.7. The van der Waals surface area contributed by atoms with Crippen LogP contribution in [0.5, 0.6) is 0 Å². The number of amides is 2. The molecule has 2 amide bonds. The number of hydrogen-bond acceptors (Lipinski definition) is 4. The zero-order chi connectivity index (χ0) is 21.5. The van der Waals surface area contributed by atoms with Crippen LogP contribution in [0.1, 0.15) is 36.8 Å². The molecule has 7 heteroatoms. The zero-order valence-electron chi connectivity index (χ0n) is 16.7. The minimum atomic E-state index is -0.0368. The number of nitrogens with zero attached hydrogens (tertiary/aromatic N) is 1. The Labute approximate surface area is 195 Å². The lowest BCUT2D eigenvalue weighted by molar-refractivity contribution is -0.122. The number of unbranched alkanes of at least 4 members (excludes halogenated alkanes) is 2. The van der Waals surface area contributed by atoms with Crippen LogP contribution in [-0.4, -0.2) is 27.6 Å². The fourth-order valence-electron chi connectivity index (χ4n) is 3.06. The third-order valence-corrected chi connectivity index (χ3v) is 6.65. The Balaban J connectivity index is 1.42. The molecule has 3 rings (SSSR count). The average molecular weight is 503 g/mol. The Hall–Kier alpha value is -1.96. The molecule has 0 spiro atoms. The largest absolute Gasteiger partial charge is 0.326 e. The molecule has 0 bridgehead atoms. The molecule has 0 atom stereocenters. The second kappa shape index (κ2) is 10.9. The monoisotopic (exact) mass is 502 g/mol. The first-order valence-electron chi connectivity index (χ1n) is 9.80. The Morgan fingerprint density at radius 3 is 2.60 bits per heavy atom. The summed E-state index contributed by atoms with van der Waals surface area (Å²) in [4.78, 5) is 27.1. The predicted octanol–water partition coefficient (Wildman–Crippen LogP) is 6.16. The van der Waals surface area contributed by atoms with Crippen molar-refractivity contribution >= 4 is 67.8 Å². The maximum Gasteiger partial charge on any atom is 0.266 e. The van der Waals surface area contributed by atoms with Gasteiger partial charge in [-0.05, 0) is 55.2 Å². The smallest absolute Gasteiger partial charge is 0.266 e. The molecule has 1 fully saturated rings. The van der Waals surface area contributed by atoms with E-state index in [1.807, 2.05) is 61.5 Å². The first kappa shape index (κ1) is 22.7. The molecule has 4 nitrogen and oxygen atoms in total. The van der Waals surface area contributed by atoms with Crippen molar-refractivity contribution in [1.29, 1.82) is 0 Å². The second-order valence-electron chi connectivity index (χ2n) is 7.06. The number of halogens is 1. The van der Waals surface area contributed by atoms with Gasteiger partial charge in [-0.2, -0.15) is 0 Å². The minimum absolute atomic E-state index is 0.0207. The molecule has 30 heavy (non-hydrogen) atoms. The van der Waals surface area contributed by atoms with Crippen molar-refractivity contribution in [2.75, 3.05) is 11.9 Å². The van der Waals surface area contributed by atoms with Crippen LogP contribution in [0.4, 0.5) is 5.69 Å². The molecule has 1 saturated heterocycles. The van der Waals surface area contributed by atoms with Gasteiger partial charge in [0, 0.05) is 23.1 Å². The van der Waals surface area contributed by atoms with E-state index in [0.29, 0.717) is 22.2 Å². The van der Waals surface area contributed by atoms with Gasteiger partial charge in [0.05, 0.1) is 4.91 Å². The molecule has 2 aromatic carbocycles. The van der Waals surface area contributed by atoms with Crippen molar-refractivity contribution in [1.82, 2.24) is 4.90 Å². The molecule has 0 aliphatic carbocycles. The molecule has 0 aromatic heterocycles. The van der Waals surface area contributed by atoms with E-state index >= 15 is 0 Å². The van der Waals surface area contributed by atoms with Gasteiger partial charge in [-0.15, -0.1) is 0 Å². The number of para-hydroxylation sites is 1. The summed E-state index contributed by atoms with van der Waals surface area (Å²) in [5.41, 5.74) is 2.88. The summed E-state index contributed by atoms with van der Waals surface area (Å²) in [6.45, 7) is 2.56. The Bertz CT molecular complexity index is 973. The second-order valence-corrected chi connectivity index (χ2v) is 9.65. The van der Waals surface area contributed by atoms with Crippen molar-refractivity contribution in [3.63, 3.8) is 0 Å². The Kier molecular flexibility index (Phi) is 8.24. The first-order valence-corrected chi connectivity index (χ1v) is 11.8. The van der Waals surface area contributed by atoms with Crippen LogP contribution in [0, 0.1) is 6.92 Å². The number of carbonyl (C=O) groups excluding carboxylic acids is 2. The number of thiocarbonyl (C=S) groups is 1. The summed E-state index contributed by atoms with van der Waals surface area (Å²) >= 11 is 10.1. The van der Waals surface area contributed by atoms with E-state index in [0.717, 1.165) is 40.5 Å². The summed E-state index contributed by atoms with van der Waals surface area (Å²) in [6, 6.07) is 15.6. The quantitative estimate of drug-likeness (QED) is 0.266. The highest BCUT2D eigenvalue weighted by Gasteiger charge is 2.31. The van der Waals surface area contributed by atoms with E-state index in [4.69, 9.17) is 12.2 Å². The third-order valence-electron chi connectivity index (χ3n) is 4.75. The number of benzene rings is 2. The van der Waals surface area contributed by atoms with Crippen LogP contribution in [0.25, 0.3) is 6.08 Å². The van der Waals surface area contributed by atoms with Crippen LogP contribution in [0.15, 0.2) is 57.9 Å². The molecule has 1 N–H and O–H groups in total. The van der Waals surface area contributed by atoms with E-state index in [2.05, 4.69) is 21.2 Å². The number of thioether (sulfide) groups is 1. The number of aryl methyl sites for hydroxylation is 1. The Morgan fingerprint density at radius 1 is 1.13 bits per heavy atom. The van der Waals surface area contributed by atoms with Crippen molar-refractivity contribution in [3.8, 4) is 0 Å². The summed E-state index contributed by atoms with van der Waals surface area (Å²) < 4.78 is 1.60. The lowest BCUT2D eigenvalue weighted by atomic mass is 10.1. The molecule has 156 valence electrons. The molecule has 1 heterocycles. The van der Waals surface area contributed by atoms with Gasteiger partial charge in [0.1, 0.15) is 4.32 Å². The number of rotatable bonds is 8. The summed E-state index contributed by atoms with van der Waals surface area (Å²) in [7, 11) is 0. The number of carbonyl (C=O) groups is 2. The van der Waals surface area contributed by atoms with Gasteiger partial charge < -0.3 is 5.32 Å². The molecule has 1 aliphatic heterocycles. The van der Waals surface area contributed by atoms with Crippen LogP contribution in [-0.2, 0) is 9.59 Å².